The molecule has 0 aliphatic rings. The van der Waals surface area contributed by atoms with E-state index in [1.165, 1.54) is 0 Å². The summed E-state index contributed by atoms with van der Waals surface area (Å²) < 4.78 is 13.6. The molecule has 0 aromatic carbocycles. The number of esters is 3. The highest BCUT2D eigenvalue weighted by molar-refractivity contribution is 5.68. The van der Waals surface area contributed by atoms with Gasteiger partial charge in [0.2, 0.25) is 6.23 Å². The Morgan fingerprint density at radius 1 is 0.867 bits per heavy atom. The molecule has 0 aliphatic carbocycles. The van der Waals surface area contributed by atoms with Crippen LogP contribution in [0.4, 0.5) is 0 Å². The number of hydrogen-bond donors (Lipinski definition) is 1. The molecule has 0 aromatic heterocycles. The highest BCUT2D eigenvalue weighted by atomic mass is 16.7. The second kappa shape index (κ2) is 5.97. The Morgan fingerprint density at radius 3 is 1.47 bits per heavy atom. The van der Waals surface area contributed by atoms with Crippen molar-refractivity contribution >= 4 is 17.9 Å². The maximum absolute atomic E-state index is 10.6. The fourth-order valence-corrected chi connectivity index (χ4v) is 0.733. The molecule has 86 valence electrons. The van der Waals surface area contributed by atoms with Gasteiger partial charge >= 0.3 is 17.9 Å². The van der Waals surface area contributed by atoms with Gasteiger partial charge in [-0.3, -0.25) is 20.1 Å². The molecule has 0 heterocycles. The molecule has 7 heteroatoms. The van der Waals surface area contributed by atoms with Crippen LogP contribution in [0.3, 0.4) is 0 Å². The maximum atomic E-state index is 10.6. The number of ether oxygens (including phenoxy) is 3. The predicted octanol–water partition coefficient (Wildman–Crippen LogP) is -0.713. The molecule has 0 bridgehead atoms. The van der Waals surface area contributed by atoms with Gasteiger partial charge in [0.1, 0.15) is 0 Å². The van der Waals surface area contributed by atoms with Crippen LogP contribution in [-0.4, -0.2) is 30.4 Å². The van der Waals surface area contributed by atoms with E-state index in [9.17, 15) is 14.4 Å². The zero-order valence-electron chi connectivity index (χ0n) is 8.68. The first kappa shape index (κ1) is 13.4. The monoisotopic (exact) mass is 219 g/mol. The average molecular weight is 219 g/mol. The SMILES string of the molecule is CC(=O)OC(N)C(OC(C)=O)OC(C)=O. The minimum atomic E-state index is -1.43. The number of rotatable bonds is 4. The second-order valence-electron chi connectivity index (χ2n) is 2.66. The minimum absolute atomic E-state index is 0.674. The summed E-state index contributed by atoms with van der Waals surface area (Å²) in [6.45, 7) is 3.34. The largest absolute Gasteiger partial charge is 0.439 e. The summed E-state index contributed by atoms with van der Waals surface area (Å²) in [7, 11) is 0. The van der Waals surface area contributed by atoms with E-state index in [1.54, 1.807) is 0 Å². The van der Waals surface area contributed by atoms with Crippen LogP contribution in [0.25, 0.3) is 0 Å². The van der Waals surface area contributed by atoms with E-state index in [2.05, 4.69) is 14.2 Å². The van der Waals surface area contributed by atoms with E-state index >= 15 is 0 Å². The Hall–Kier alpha value is -1.63. The summed E-state index contributed by atoms with van der Waals surface area (Å²) >= 11 is 0. The van der Waals surface area contributed by atoms with E-state index < -0.39 is 30.4 Å². The molecule has 0 saturated carbocycles. The van der Waals surface area contributed by atoms with E-state index in [1.807, 2.05) is 0 Å². The Morgan fingerprint density at radius 2 is 1.20 bits per heavy atom. The van der Waals surface area contributed by atoms with Gasteiger partial charge in [0.05, 0.1) is 0 Å². The quantitative estimate of drug-likeness (QED) is 0.491. The third-order valence-electron chi connectivity index (χ3n) is 1.13. The Labute approximate surface area is 86.5 Å². The summed E-state index contributed by atoms with van der Waals surface area (Å²) in [6.07, 6.45) is -2.76. The van der Waals surface area contributed by atoms with Gasteiger partial charge in [-0.2, -0.15) is 0 Å². The van der Waals surface area contributed by atoms with Crippen LogP contribution < -0.4 is 5.73 Å². The molecule has 1 unspecified atom stereocenters. The zero-order chi connectivity index (χ0) is 12.0. The number of nitrogens with two attached hydrogens (primary N) is 1. The first-order valence-corrected chi connectivity index (χ1v) is 4.10. The summed E-state index contributed by atoms with van der Waals surface area (Å²) in [4.78, 5) is 31.8. The van der Waals surface area contributed by atoms with Gasteiger partial charge in [-0.1, -0.05) is 0 Å². The summed E-state index contributed by atoms with van der Waals surface area (Å²) in [5.74, 6) is -2.08. The predicted molar refractivity (Wildman–Crippen MR) is 47.1 cm³/mol. The van der Waals surface area contributed by atoms with Crippen molar-refractivity contribution in [1.29, 1.82) is 0 Å². The van der Waals surface area contributed by atoms with Crippen LogP contribution in [0.15, 0.2) is 0 Å². The van der Waals surface area contributed by atoms with Crippen molar-refractivity contribution in [1.82, 2.24) is 0 Å². The van der Waals surface area contributed by atoms with Crippen molar-refractivity contribution in [3.63, 3.8) is 0 Å². The Kier molecular flexibility index (Phi) is 5.32. The van der Waals surface area contributed by atoms with Crippen molar-refractivity contribution in [3.8, 4) is 0 Å². The van der Waals surface area contributed by atoms with Gasteiger partial charge in [-0.25, -0.2) is 0 Å². The normalized spacial score (nSPS) is 11.8. The van der Waals surface area contributed by atoms with Gasteiger partial charge in [0.15, 0.2) is 0 Å². The maximum Gasteiger partial charge on any atom is 0.305 e. The lowest BCUT2D eigenvalue weighted by molar-refractivity contribution is -0.211. The van der Waals surface area contributed by atoms with Gasteiger partial charge in [0, 0.05) is 20.8 Å². The third kappa shape index (κ3) is 6.44. The molecule has 0 fully saturated rings. The fraction of sp³-hybridized carbons (Fsp3) is 0.625. The second-order valence-corrected chi connectivity index (χ2v) is 2.66. The highest BCUT2D eigenvalue weighted by Crippen LogP contribution is 2.03. The highest BCUT2D eigenvalue weighted by Gasteiger charge is 2.26. The molecular weight excluding hydrogens is 206 g/mol. The summed E-state index contributed by atoms with van der Waals surface area (Å²) in [5.41, 5.74) is 5.32. The Bertz CT molecular complexity index is 248. The molecule has 0 saturated heterocycles. The molecule has 0 radical (unpaired) electrons. The average Bonchev–Trinajstić information content (AvgIpc) is 1.99. The molecule has 15 heavy (non-hydrogen) atoms. The van der Waals surface area contributed by atoms with Gasteiger partial charge in [0.25, 0.3) is 6.29 Å². The van der Waals surface area contributed by atoms with E-state index in [-0.39, 0.29) is 0 Å². The van der Waals surface area contributed by atoms with Crippen molar-refractivity contribution in [2.24, 2.45) is 5.73 Å². The number of carbonyl (C=O) groups excluding carboxylic acids is 3. The van der Waals surface area contributed by atoms with Crippen LogP contribution in [0.1, 0.15) is 20.8 Å². The van der Waals surface area contributed by atoms with E-state index in [0.717, 1.165) is 20.8 Å². The smallest absolute Gasteiger partial charge is 0.305 e. The summed E-state index contributed by atoms with van der Waals surface area (Å²) in [6, 6.07) is 0. The molecule has 0 aromatic rings. The van der Waals surface area contributed by atoms with Gasteiger partial charge in [-0.05, 0) is 0 Å². The Balaban J connectivity index is 4.38. The van der Waals surface area contributed by atoms with Crippen LogP contribution in [-0.2, 0) is 28.6 Å². The molecule has 0 amide bonds. The fourth-order valence-electron chi connectivity index (χ4n) is 0.733. The van der Waals surface area contributed by atoms with Gasteiger partial charge < -0.3 is 14.2 Å². The summed E-state index contributed by atoms with van der Waals surface area (Å²) in [5, 5.41) is 0. The van der Waals surface area contributed by atoms with Crippen LogP contribution in [0.2, 0.25) is 0 Å². The third-order valence-corrected chi connectivity index (χ3v) is 1.13. The molecule has 0 spiro atoms. The lowest BCUT2D eigenvalue weighted by Gasteiger charge is -2.21. The van der Waals surface area contributed by atoms with Crippen molar-refractivity contribution < 1.29 is 28.6 Å². The minimum Gasteiger partial charge on any atom is -0.439 e. The standard InChI is InChI=1S/C8H13NO6/c1-4(10)13-7(9)8(14-5(2)11)15-6(3)12/h7-8H,9H2,1-3H3. The van der Waals surface area contributed by atoms with E-state index in [0.29, 0.717) is 0 Å². The van der Waals surface area contributed by atoms with Crippen LogP contribution in [0, 0.1) is 0 Å². The lowest BCUT2D eigenvalue weighted by atomic mass is 10.5. The number of hydrogen-bond acceptors (Lipinski definition) is 7. The first-order chi connectivity index (χ1) is 6.82. The molecule has 0 rings (SSSR count). The van der Waals surface area contributed by atoms with E-state index in [4.69, 9.17) is 5.73 Å². The first-order valence-electron chi connectivity index (χ1n) is 4.10. The molecule has 2 N–H and O–H groups in total. The topological polar surface area (TPSA) is 105 Å². The van der Waals surface area contributed by atoms with Crippen LogP contribution in [0.5, 0.6) is 0 Å². The lowest BCUT2D eigenvalue weighted by Crippen LogP contribution is -2.43. The van der Waals surface area contributed by atoms with Crippen molar-refractivity contribution in [2.75, 3.05) is 0 Å². The zero-order valence-corrected chi connectivity index (χ0v) is 8.68. The van der Waals surface area contributed by atoms with Crippen molar-refractivity contribution in [3.05, 3.63) is 0 Å². The van der Waals surface area contributed by atoms with Crippen molar-refractivity contribution in [2.45, 2.75) is 33.3 Å². The van der Waals surface area contributed by atoms with Gasteiger partial charge in [-0.15, -0.1) is 0 Å². The molecular formula is C8H13NO6. The molecule has 1 atom stereocenters. The number of carbonyl (C=O) groups is 3. The van der Waals surface area contributed by atoms with Crippen LogP contribution >= 0.6 is 0 Å². The molecule has 7 nitrogen and oxygen atoms in total. The molecule has 0 aliphatic heterocycles.